The molecule has 0 radical (unpaired) electrons. The smallest absolute Gasteiger partial charge is 0.336 e. The van der Waals surface area contributed by atoms with Gasteiger partial charge in [0.05, 0.1) is 23.3 Å². The molecule has 0 aliphatic rings. The first-order valence-corrected chi connectivity index (χ1v) is 13.1. The lowest BCUT2D eigenvalue weighted by Crippen LogP contribution is -2.24. The predicted molar refractivity (Wildman–Crippen MR) is 156 cm³/mol. The molecule has 0 saturated carbocycles. The highest BCUT2D eigenvalue weighted by Crippen LogP contribution is 2.32. The Morgan fingerprint density at radius 3 is 2.46 bits per heavy atom. The second-order valence-electron chi connectivity index (χ2n) is 9.66. The van der Waals surface area contributed by atoms with Crippen molar-refractivity contribution >= 4 is 28.6 Å². The molecular formula is C31H29N7O3. The molecule has 0 spiro atoms. The maximum Gasteiger partial charge on any atom is 0.336 e. The summed E-state index contributed by atoms with van der Waals surface area (Å²) in [5.41, 5.74) is 11.3. The van der Waals surface area contributed by atoms with Crippen LogP contribution in [0.2, 0.25) is 0 Å². The molecule has 10 nitrogen and oxygen atoms in total. The van der Waals surface area contributed by atoms with Crippen molar-refractivity contribution in [3.8, 4) is 11.1 Å². The number of rotatable bonds is 9. The Hall–Kier alpha value is -5.38. The van der Waals surface area contributed by atoms with E-state index in [1.807, 2.05) is 42.8 Å². The van der Waals surface area contributed by atoms with Gasteiger partial charge in [0.1, 0.15) is 11.7 Å². The molecule has 2 heterocycles. The highest BCUT2D eigenvalue weighted by molar-refractivity contribution is 6.00. The van der Waals surface area contributed by atoms with Crippen molar-refractivity contribution in [1.82, 2.24) is 25.1 Å². The summed E-state index contributed by atoms with van der Waals surface area (Å²) in [4.78, 5) is 33.7. The minimum absolute atomic E-state index is 0.0205. The number of fused-ring (bicyclic) bond motifs is 1. The van der Waals surface area contributed by atoms with E-state index in [2.05, 4.69) is 15.3 Å². The molecule has 0 atom stereocenters. The molecule has 2 aromatic heterocycles. The number of carboxylic acid groups (broad SMARTS) is 1. The number of aromatic carboxylic acids is 1. The maximum absolute atomic E-state index is 13.1. The number of aromatic nitrogens is 4. The normalized spacial score (nSPS) is 11.0. The van der Waals surface area contributed by atoms with Crippen LogP contribution < -0.4 is 11.1 Å². The molecular weight excluding hydrogens is 518 g/mol. The summed E-state index contributed by atoms with van der Waals surface area (Å²) < 4.78 is 1.86. The minimum atomic E-state index is -1.05. The highest BCUT2D eigenvalue weighted by atomic mass is 16.4. The van der Waals surface area contributed by atoms with E-state index < -0.39 is 5.97 Å². The molecule has 0 bridgehead atoms. The van der Waals surface area contributed by atoms with Gasteiger partial charge in [0, 0.05) is 41.9 Å². The van der Waals surface area contributed by atoms with Crippen molar-refractivity contribution in [2.45, 2.75) is 33.4 Å². The van der Waals surface area contributed by atoms with Gasteiger partial charge in [-0.3, -0.25) is 14.9 Å². The van der Waals surface area contributed by atoms with Gasteiger partial charge in [-0.1, -0.05) is 35.9 Å². The van der Waals surface area contributed by atoms with Crippen LogP contribution in [0.5, 0.6) is 0 Å². The predicted octanol–water partition coefficient (Wildman–Crippen LogP) is 4.32. The van der Waals surface area contributed by atoms with Crippen molar-refractivity contribution < 1.29 is 14.7 Å². The lowest BCUT2D eigenvalue weighted by Gasteiger charge is -2.15. The van der Waals surface area contributed by atoms with E-state index in [0.29, 0.717) is 41.0 Å². The number of amidine groups is 1. The monoisotopic (exact) mass is 547 g/mol. The molecule has 206 valence electrons. The Morgan fingerprint density at radius 2 is 1.76 bits per heavy atom. The Bertz CT molecular complexity index is 1800. The molecule has 0 saturated heterocycles. The lowest BCUT2D eigenvalue weighted by atomic mass is 9.90. The van der Waals surface area contributed by atoms with Crippen LogP contribution >= 0.6 is 0 Å². The van der Waals surface area contributed by atoms with Crippen LogP contribution in [0.1, 0.15) is 55.8 Å². The van der Waals surface area contributed by atoms with E-state index in [1.165, 1.54) is 0 Å². The van der Waals surface area contributed by atoms with Crippen LogP contribution in [0.3, 0.4) is 0 Å². The van der Waals surface area contributed by atoms with E-state index in [-0.39, 0.29) is 23.9 Å². The molecule has 5 rings (SSSR count). The number of nitrogens with two attached hydrogens (primary N) is 1. The van der Waals surface area contributed by atoms with Gasteiger partial charge in [-0.15, -0.1) is 0 Å². The standard InChI is InChI=1S/C31H29N7O3/c1-3-38-27-16-20(29(32)33)8-10-23(27)26(37-38)15-19-6-7-21(30(39)36-17-28-34-11-4-12-35-28)14-24(19)22-9-5-18(2)13-25(22)31(40)41/h4-14,16H,3,15,17H2,1-2H3,(H3,32,33)(H,36,39)(H,40,41). The summed E-state index contributed by atoms with van der Waals surface area (Å²) in [7, 11) is 0. The van der Waals surface area contributed by atoms with E-state index in [4.69, 9.17) is 16.2 Å². The number of carboxylic acids is 1. The zero-order chi connectivity index (χ0) is 29.1. The number of carbonyl (C=O) groups is 2. The van der Waals surface area contributed by atoms with Crippen LogP contribution in [0.4, 0.5) is 0 Å². The van der Waals surface area contributed by atoms with Gasteiger partial charge in [0.25, 0.3) is 5.91 Å². The molecule has 0 aliphatic carbocycles. The topological polar surface area (TPSA) is 160 Å². The number of nitrogen functional groups attached to an aromatic ring is 1. The highest BCUT2D eigenvalue weighted by Gasteiger charge is 2.20. The Morgan fingerprint density at radius 1 is 1.00 bits per heavy atom. The Labute approximate surface area is 236 Å². The number of amides is 1. The number of nitrogens with zero attached hydrogens (tertiary/aromatic N) is 4. The van der Waals surface area contributed by atoms with Crippen LogP contribution in [-0.2, 0) is 19.5 Å². The van der Waals surface area contributed by atoms with Gasteiger partial charge in [0.2, 0.25) is 0 Å². The van der Waals surface area contributed by atoms with E-state index in [9.17, 15) is 14.7 Å². The maximum atomic E-state index is 13.1. The second-order valence-corrected chi connectivity index (χ2v) is 9.66. The van der Waals surface area contributed by atoms with Crippen LogP contribution in [-0.4, -0.2) is 42.6 Å². The molecule has 41 heavy (non-hydrogen) atoms. The number of nitrogens with one attached hydrogen (secondary N) is 2. The third-order valence-electron chi connectivity index (χ3n) is 6.89. The number of carbonyl (C=O) groups excluding carboxylic acids is 1. The Kier molecular flexibility index (Phi) is 7.55. The third kappa shape index (κ3) is 5.67. The van der Waals surface area contributed by atoms with Gasteiger partial charge < -0.3 is 16.2 Å². The van der Waals surface area contributed by atoms with E-state index in [0.717, 1.165) is 27.7 Å². The molecule has 5 N–H and O–H groups in total. The van der Waals surface area contributed by atoms with Crippen LogP contribution in [0.25, 0.3) is 22.0 Å². The van der Waals surface area contributed by atoms with Crippen molar-refractivity contribution in [3.05, 3.63) is 112 Å². The summed E-state index contributed by atoms with van der Waals surface area (Å²) in [5.74, 6) is -0.918. The average molecular weight is 548 g/mol. The molecule has 0 fully saturated rings. The molecule has 1 amide bonds. The SMILES string of the molecule is CCn1nc(Cc2ccc(C(=O)NCc3ncccn3)cc2-c2ccc(C)cc2C(=O)O)c2ccc(C(=N)N)cc21. The number of benzene rings is 3. The summed E-state index contributed by atoms with van der Waals surface area (Å²) in [6.45, 7) is 4.60. The van der Waals surface area contributed by atoms with Crippen LogP contribution in [0.15, 0.2) is 73.1 Å². The zero-order valence-corrected chi connectivity index (χ0v) is 22.7. The van der Waals surface area contributed by atoms with Gasteiger partial charge >= 0.3 is 5.97 Å². The van der Waals surface area contributed by atoms with E-state index >= 15 is 0 Å². The Balaban J connectivity index is 1.59. The fraction of sp³-hybridized carbons (Fsp3) is 0.161. The summed E-state index contributed by atoms with van der Waals surface area (Å²) in [5, 5.41) is 26.4. The van der Waals surface area contributed by atoms with Gasteiger partial charge in [-0.25, -0.2) is 14.8 Å². The van der Waals surface area contributed by atoms with Crippen molar-refractivity contribution in [3.63, 3.8) is 0 Å². The fourth-order valence-electron chi connectivity index (χ4n) is 4.84. The summed E-state index contributed by atoms with van der Waals surface area (Å²) in [6, 6.07) is 17.8. The molecule has 10 heteroatoms. The molecule has 0 aliphatic heterocycles. The molecule has 3 aromatic carbocycles. The largest absolute Gasteiger partial charge is 0.478 e. The van der Waals surface area contributed by atoms with Crippen molar-refractivity contribution in [2.75, 3.05) is 0 Å². The van der Waals surface area contributed by atoms with Crippen molar-refractivity contribution in [2.24, 2.45) is 5.73 Å². The summed E-state index contributed by atoms with van der Waals surface area (Å²) >= 11 is 0. The first kappa shape index (κ1) is 27.2. The van der Waals surface area contributed by atoms with E-state index in [1.54, 1.807) is 48.8 Å². The quantitative estimate of drug-likeness (QED) is 0.158. The number of aryl methyl sites for hydroxylation is 2. The summed E-state index contributed by atoms with van der Waals surface area (Å²) in [6.07, 6.45) is 3.61. The minimum Gasteiger partial charge on any atom is -0.478 e. The first-order chi connectivity index (χ1) is 19.7. The zero-order valence-electron chi connectivity index (χ0n) is 22.7. The van der Waals surface area contributed by atoms with Crippen LogP contribution in [0, 0.1) is 12.3 Å². The first-order valence-electron chi connectivity index (χ1n) is 13.1. The fourth-order valence-corrected chi connectivity index (χ4v) is 4.84. The van der Waals surface area contributed by atoms with Crippen molar-refractivity contribution in [1.29, 1.82) is 5.41 Å². The number of hydrogen-bond donors (Lipinski definition) is 4. The second kappa shape index (κ2) is 11.4. The van der Waals surface area contributed by atoms with Gasteiger partial charge in [-0.05, 0) is 60.9 Å². The van der Waals surface area contributed by atoms with Gasteiger partial charge in [-0.2, -0.15) is 5.10 Å². The molecule has 0 unspecified atom stereocenters. The third-order valence-corrected chi connectivity index (χ3v) is 6.89. The molecule has 5 aromatic rings. The lowest BCUT2D eigenvalue weighted by molar-refractivity contribution is 0.0697. The average Bonchev–Trinajstić information content (AvgIpc) is 3.33. The number of hydrogen-bond acceptors (Lipinski definition) is 6. The van der Waals surface area contributed by atoms with Gasteiger partial charge in [0.15, 0.2) is 0 Å².